The highest BCUT2D eigenvalue weighted by atomic mass is 35.5. The lowest BCUT2D eigenvalue weighted by Gasteiger charge is -2.02. The number of nitrogens with two attached hydrogens (primary N) is 1. The fourth-order valence-electron chi connectivity index (χ4n) is 1.04. The number of anilines is 1. The van der Waals surface area contributed by atoms with Crippen LogP contribution < -0.4 is 11.3 Å². The van der Waals surface area contributed by atoms with E-state index >= 15 is 0 Å². The van der Waals surface area contributed by atoms with Crippen molar-refractivity contribution in [1.82, 2.24) is 9.78 Å². The zero-order valence-corrected chi connectivity index (χ0v) is 7.08. The summed E-state index contributed by atoms with van der Waals surface area (Å²) in [5, 5.41) is 3.98. The van der Waals surface area contributed by atoms with Crippen LogP contribution in [-0.2, 0) is 0 Å². The van der Waals surface area contributed by atoms with Crippen molar-refractivity contribution in [2.24, 2.45) is 0 Å². The molecule has 1 fully saturated rings. The van der Waals surface area contributed by atoms with Crippen molar-refractivity contribution in [3.05, 3.63) is 21.6 Å². The van der Waals surface area contributed by atoms with Crippen LogP contribution in [0, 0.1) is 0 Å². The summed E-state index contributed by atoms with van der Waals surface area (Å²) in [6.45, 7) is 0. The van der Waals surface area contributed by atoms with Crippen LogP contribution in [0.25, 0.3) is 0 Å². The summed E-state index contributed by atoms with van der Waals surface area (Å²) < 4.78 is 1.40. The first-order valence-electron chi connectivity index (χ1n) is 3.73. The van der Waals surface area contributed by atoms with E-state index in [0.717, 1.165) is 12.8 Å². The highest BCUT2D eigenvalue weighted by molar-refractivity contribution is 6.32. The maximum atomic E-state index is 11.4. The summed E-state index contributed by atoms with van der Waals surface area (Å²) in [6.07, 6.45) is 3.43. The number of nitrogen functional groups attached to an aromatic ring is 1. The minimum Gasteiger partial charge on any atom is -0.396 e. The van der Waals surface area contributed by atoms with Gasteiger partial charge in [0, 0.05) is 0 Å². The maximum absolute atomic E-state index is 11.4. The molecule has 1 aromatic heterocycles. The van der Waals surface area contributed by atoms with Gasteiger partial charge in [0.15, 0.2) is 0 Å². The lowest BCUT2D eigenvalue weighted by atomic mass is 10.5. The Bertz CT molecular complexity index is 369. The van der Waals surface area contributed by atoms with E-state index in [1.807, 2.05) is 0 Å². The largest absolute Gasteiger partial charge is 0.396 e. The van der Waals surface area contributed by atoms with Crippen LogP contribution in [0.5, 0.6) is 0 Å². The van der Waals surface area contributed by atoms with Crippen LogP contribution in [0.15, 0.2) is 11.0 Å². The molecular formula is C7H8ClN3O. The minimum atomic E-state index is -0.279. The van der Waals surface area contributed by atoms with Crippen molar-refractivity contribution in [2.45, 2.75) is 18.9 Å². The number of halogens is 1. The van der Waals surface area contributed by atoms with Gasteiger partial charge in [-0.25, -0.2) is 4.68 Å². The molecule has 0 saturated heterocycles. The van der Waals surface area contributed by atoms with Gasteiger partial charge in [0.2, 0.25) is 0 Å². The van der Waals surface area contributed by atoms with Crippen molar-refractivity contribution in [3.63, 3.8) is 0 Å². The first kappa shape index (κ1) is 7.61. The van der Waals surface area contributed by atoms with E-state index in [0.29, 0.717) is 0 Å². The van der Waals surface area contributed by atoms with Crippen molar-refractivity contribution >= 4 is 17.3 Å². The molecule has 1 aliphatic carbocycles. The molecule has 0 bridgehead atoms. The normalized spacial score (nSPS) is 16.4. The maximum Gasteiger partial charge on any atom is 0.287 e. The Labute approximate surface area is 73.9 Å². The Morgan fingerprint density at radius 2 is 2.33 bits per heavy atom. The van der Waals surface area contributed by atoms with Crippen LogP contribution in [0.1, 0.15) is 18.9 Å². The fourth-order valence-corrected chi connectivity index (χ4v) is 1.17. The van der Waals surface area contributed by atoms with Gasteiger partial charge in [-0.15, -0.1) is 0 Å². The summed E-state index contributed by atoms with van der Waals surface area (Å²) in [6, 6.07) is 0.246. The summed E-state index contributed by atoms with van der Waals surface area (Å²) in [7, 11) is 0. The van der Waals surface area contributed by atoms with Crippen LogP contribution in [0.2, 0.25) is 5.02 Å². The second-order valence-corrected chi connectivity index (χ2v) is 3.27. The number of nitrogens with zero attached hydrogens (tertiary/aromatic N) is 2. The van der Waals surface area contributed by atoms with Crippen LogP contribution in [0.4, 0.5) is 5.69 Å². The molecule has 2 rings (SSSR count). The Morgan fingerprint density at radius 3 is 2.92 bits per heavy atom. The molecule has 4 nitrogen and oxygen atoms in total. The Kier molecular flexibility index (Phi) is 1.58. The molecule has 0 aromatic carbocycles. The van der Waals surface area contributed by atoms with Gasteiger partial charge in [0.1, 0.15) is 5.02 Å². The van der Waals surface area contributed by atoms with Crippen molar-refractivity contribution in [3.8, 4) is 0 Å². The molecule has 1 aromatic rings. The van der Waals surface area contributed by atoms with E-state index in [1.54, 1.807) is 0 Å². The van der Waals surface area contributed by atoms with E-state index in [4.69, 9.17) is 17.3 Å². The molecule has 1 aliphatic rings. The van der Waals surface area contributed by atoms with Crippen molar-refractivity contribution in [1.29, 1.82) is 0 Å². The van der Waals surface area contributed by atoms with Crippen LogP contribution >= 0.6 is 11.6 Å². The van der Waals surface area contributed by atoms with Crippen molar-refractivity contribution < 1.29 is 0 Å². The van der Waals surface area contributed by atoms with E-state index in [-0.39, 0.29) is 22.3 Å². The van der Waals surface area contributed by atoms with Gasteiger partial charge >= 0.3 is 0 Å². The van der Waals surface area contributed by atoms with Crippen molar-refractivity contribution in [2.75, 3.05) is 5.73 Å². The molecular weight excluding hydrogens is 178 g/mol. The SMILES string of the molecule is Nc1cnn(C2CC2)c(=O)c1Cl. The molecule has 0 spiro atoms. The minimum absolute atomic E-state index is 0.0805. The third-order valence-electron chi connectivity index (χ3n) is 1.86. The van der Waals surface area contributed by atoms with Gasteiger partial charge in [-0.3, -0.25) is 4.79 Å². The van der Waals surface area contributed by atoms with E-state index < -0.39 is 0 Å². The molecule has 0 amide bonds. The Balaban J connectivity index is 2.57. The summed E-state index contributed by atoms with van der Waals surface area (Å²) in [4.78, 5) is 11.4. The quantitative estimate of drug-likeness (QED) is 0.705. The first-order chi connectivity index (χ1) is 5.70. The molecule has 64 valence electrons. The van der Waals surface area contributed by atoms with Crippen LogP contribution in [-0.4, -0.2) is 9.78 Å². The monoisotopic (exact) mass is 185 g/mol. The number of rotatable bonds is 1. The molecule has 0 aliphatic heterocycles. The molecule has 2 N–H and O–H groups in total. The molecule has 1 heterocycles. The molecule has 1 saturated carbocycles. The average molecular weight is 186 g/mol. The summed E-state index contributed by atoms with van der Waals surface area (Å²) in [5.41, 5.74) is 5.37. The Hall–Kier alpha value is -1.03. The van der Waals surface area contributed by atoms with Gasteiger partial charge < -0.3 is 5.73 Å². The zero-order valence-electron chi connectivity index (χ0n) is 6.33. The highest BCUT2D eigenvalue weighted by Crippen LogP contribution is 2.32. The van der Waals surface area contributed by atoms with Gasteiger partial charge in [-0.2, -0.15) is 5.10 Å². The predicted molar refractivity (Wildman–Crippen MR) is 46.2 cm³/mol. The van der Waals surface area contributed by atoms with E-state index in [2.05, 4.69) is 5.10 Å². The van der Waals surface area contributed by atoms with Gasteiger partial charge in [-0.05, 0) is 12.8 Å². The standard InChI is InChI=1S/C7H8ClN3O/c8-6-5(9)3-10-11(7(6)12)4-1-2-4/h3-4H,1-2,9H2. The van der Waals surface area contributed by atoms with Gasteiger partial charge in [-0.1, -0.05) is 11.6 Å². The third-order valence-corrected chi connectivity index (χ3v) is 2.24. The molecule has 12 heavy (non-hydrogen) atoms. The first-order valence-corrected chi connectivity index (χ1v) is 4.10. The second-order valence-electron chi connectivity index (χ2n) is 2.89. The molecule has 5 heteroatoms. The van der Waals surface area contributed by atoms with Gasteiger partial charge in [0.05, 0.1) is 17.9 Å². The molecule has 0 unspecified atom stereocenters. The predicted octanol–water partition coefficient (Wildman–Crippen LogP) is 0.814. The molecule has 0 atom stereocenters. The summed E-state index contributed by atoms with van der Waals surface area (Å²) >= 11 is 5.66. The Morgan fingerprint density at radius 1 is 1.67 bits per heavy atom. The zero-order chi connectivity index (χ0) is 8.72. The fraction of sp³-hybridized carbons (Fsp3) is 0.429. The number of hydrogen-bond acceptors (Lipinski definition) is 3. The summed E-state index contributed by atoms with van der Waals surface area (Å²) in [5.74, 6) is 0. The van der Waals surface area contributed by atoms with E-state index in [9.17, 15) is 4.79 Å². The lowest BCUT2D eigenvalue weighted by Crippen LogP contribution is -2.22. The molecule has 0 radical (unpaired) electrons. The number of aromatic nitrogens is 2. The third kappa shape index (κ3) is 1.08. The smallest absolute Gasteiger partial charge is 0.287 e. The van der Waals surface area contributed by atoms with Gasteiger partial charge in [0.25, 0.3) is 5.56 Å². The number of hydrogen-bond donors (Lipinski definition) is 1. The average Bonchev–Trinajstić information content (AvgIpc) is 2.84. The van der Waals surface area contributed by atoms with Crippen LogP contribution in [0.3, 0.4) is 0 Å². The lowest BCUT2D eigenvalue weighted by molar-refractivity contribution is 0.600. The highest BCUT2D eigenvalue weighted by Gasteiger charge is 2.26. The second kappa shape index (κ2) is 2.48. The van der Waals surface area contributed by atoms with E-state index in [1.165, 1.54) is 10.9 Å². The topological polar surface area (TPSA) is 60.9 Å².